The summed E-state index contributed by atoms with van der Waals surface area (Å²) in [6.07, 6.45) is 4.38. The molecule has 1 heterocycles. The van der Waals surface area contributed by atoms with Crippen LogP contribution in [-0.2, 0) is 32.1 Å². The minimum absolute atomic E-state index is 0.0922. The van der Waals surface area contributed by atoms with Gasteiger partial charge < -0.3 is 20.5 Å². The summed E-state index contributed by atoms with van der Waals surface area (Å²) < 4.78 is 0. The molecule has 0 bridgehead atoms. The molecule has 4 rings (SSSR count). The first kappa shape index (κ1) is 19.5. The molecule has 2 aromatic carbocycles. The number of aromatic hydroxyl groups is 2. The fraction of sp³-hybridized carbons (Fsp3) is 0.375. The van der Waals surface area contributed by atoms with Crippen LogP contribution in [0.1, 0.15) is 41.7 Å². The van der Waals surface area contributed by atoms with Gasteiger partial charge >= 0.3 is 0 Å². The number of H-pyrrole nitrogens is 1. The number of pyridine rings is 1. The zero-order valence-corrected chi connectivity index (χ0v) is 17.0. The second-order valence-corrected chi connectivity index (χ2v) is 7.87. The van der Waals surface area contributed by atoms with Crippen LogP contribution in [0.4, 0.5) is 0 Å². The van der Waals surface area contributed by atoms with Crippen molar-refractivity contribution in [3.63, 3.8) is 0 Å². The predicted molar refractivity (Wildman–Crippen MR) is 116 cm³/mol. The van der Waals surface area contributed by atoms with E-state index >= 15 is 0 Å². The highest BCUT2D eigenvalue weighted by atomic mass is 16.3. The van der Waals surface area contributed by atoms with Gasteiger partial charge in [-0.05, 0) is 78.6 Å². The van der Waals surface area contributed by atoms with Gasteiger partial charge in [-0.15, -0.1) is 0 Å². The van der Waals surface area contributed by atoms with Crippen LogP contribution in [0.2, 0.25) is 0 Å². The molecule has 1 aliphatic rings. The van der Waals surface area contributed by atoms with Crippen molar-refractivity contribution in [1.29, 1.82) is 0 Å². The summed E-state index contributed by atoms with van der Waals surface area (Å²) in [5.41, 5.74) is 6.08. The number of hydrogen-bond acceptors (Lipinski definition) is 4. The van der Waals surface area contributed by atoms with Gasteiger partial charge in [-0.2, -0.15) is 0 Å². The van der Waals surface area contributed by atoms with E-state index in [0.717, 1.165) is 60.7 Å². The first-order chi connectivity index (χ1) is 14.0. The molecule has 1 aliphatic carbocycles. The monoisotopic (exact) mass is 392 g/mol. The fourth-order valence-corrected chi connectivity index (χ4v) is 4.64. The minimum atomic E-state index is -0.218. The van der Waals surface area contributed by atoms with E-state index in [2.05, 4.69) is 30.2 Å². The van der Waals surface area contributed by atoms with E-state index in [1.54, 1.807) is 12.1 Å². The Bertz CT molecular complexity index is 1120. The van der Waals surface area contributed by atoms with Gasteiger partial charge in [0.15, 0.2) is 0 Å². The van der Waals surface area contributed by atoms with Gasteiger partial charge in [0.25, 0.3) is 0 Å². The number of aryl methyl sites for hydroxylation is 1. The van der Waals surface area contributed by atoms with Gasteiger partial charge in [0.2, 0.25) is 5.56 Å². The van der Waals surface area contributed by atoms with Gasteiger partial charge in [-0.25, -0.2) is 0 Å². The number of phenolic OH excluding ortho intramolecular Hbond substituents is 2. The zero-order chi connectivity index (χ0) is 20.5. The van der Waals surface area contributed by atoms with Crippen LogP contribution in [0.25, 0.3) is 10.9 Å². The van der Waals surface area contributed by atoms with Crippen molar-refractivity contribution < 1.29 is 10.2 Å². The number of phenols is 2. The lowest BCUT2D eigenvalue weighted by Crippen LogP contribution is -2.31. The molecule has 1 aromatic heterocycles. The molecule has 29 heavy (non-hydrogen) atoms. The molecule has 3 aromatic rings. The Morgan fingerprint density at radius 3 is 2.66 bits per heavy atom. The Morgan fingerprint density at radius 1 is 1.07 bits per heavy atom. The predicted octanol–water partition coefficient (Wildman–Crippen LogP) is 3.36. The maximum absolute atomic E-state index is 11.6. The normalized spacial score (nSPS) is 15.7. The van der Waals surface area contributed by atoms with Gasteiger partial charge in [0, 0.05) is 17.5 Å². The van der Waals surface area contributed by atoms with E-state index in [1.165, 1.54) is 17.2 Å². The van der Waals surface area contributed by atoms with Crippen LogP contribution < -0.4 is 10.9 Å². The molecule has 0 amide bonds. The maximum atomic E-state index is 11.6. The highest BCUT2D eigenvalue weighted by Gasteiger charge is 2.26. The van der Waals surface area contributed by atoms with Crippen molar-refractivity contribution in [2.24, 2.45) is 0 Å². The van der Waals surface area contributed by atoms with Crippen LogP contribution in [0.3, 0.4) is 0 Å². The van der Waals surface area contributed by atoms with E-state index in [9.17, 15) is 15.0 Å². The van der Waals surface area contributed by atoms with Crippen LogP contribution in [0.15, 0.2) is 35.1 Å². The van der Waals surface area contributed by atoms with E-state index in [1.807, 2.05) is 6.07 Å². The highest BCUT2D eigenvalue weighted by Crippen LogP contribution is 2.36. The van der Waals surface area contributed by atoms with E-state index in [4.69, 9.17) is 0 Å². The van der Waals surface area contributed by atoms with Crippen molar-refractivity contribution in [3.05, 3.63) is 68.5 Å². The molecule has 0 radical (unpaired) electrons. The topological polar surface area (TPSA) is 85.3 Å². The molecular weight excluding hydrogens is 364 g/mol. The average Bonchev–Trinajstić information content (AvgIpc) is 3.13. The molecule has 0 saturated heterocycles. The van der Waals surface area contributed by atoms with Crippen LogP contribution >= 0.6 is 0 Å². The van der Waals surface area contributed by atoms with Gasteiger partial charge in [0.1, 0.15) is 11.5 Å². The fourth-order valence-electron chi connectivity index (χ4n) is 4.64. The maximum Gasteiger partial charge on any atom is 0.248 e. The third kappa shape index (κ3) is 3.62. The highest BCUT2D eigenvalue weighted by molar-refractivity contribution is 5.87. The van der Waals surface area contributed by atoms with E-state index in [0.29, 0.717) is 17.3 Å². The van der Waals surface area contributed by atoms with Gasteiger partial charge in [-0.3, -0.25) is 4.79 Å². The number of benzene rings is 2. The lowest BCUT2D eigenvalue weighted by atomic mass is 9.95. The lowest BCUT2D eigenvalue weighted by molar-refractivity contribution is 0.457. The Kier molecular flexibility index (Phi) is 5.33. The Hall–Kier alpha value is -2.79. The Labute approximate surface area is 170 Å². The minimum Gasteiger partial charge on any atom is -0.507 e. The standard InChI is InChI=1S/C24H28N2O3/c1-3-14-11-16-12-17(13-20(16)24(29)18(14)4-2)25-10-9-15-5-7-21(27)23-19(15)6-8-22(28)26-23/h5-8,11,17,25,27,29H,3-4,9-10,12-13H2,1-2H3,(H,26,28). The molecule has 5 nitrogen and oxygen atoms in total. The first-order valence-corrected chi connectivity index (χ1v) is 10.4. The summed E-state index contributed by atoms with van der Waals surface area (Å²) in [7, 11) is 0. The summed E-state index contributed by atoms with van der Waals surface area (Å²) in [5, 5.41) is 25.2. The Balaban J connectivity index is 1.46. The summed E-state index contributed by atoms with van der Waals surface area (Å²) >= 11 is 0. The average molecular weight is 392 g/mol. The second kappa shape index (κ2) is 7.91. The lowest BCUT2D eigenvalue weighted by Gasteiger charge is -2.13. The summed E-state index contributed by atoms with van der Waals surface area (Å²) in [5.74, 6) is 0.592. The van der Waals surface area contributed by atoms with Gasteiger partial charge in [0.05, 0.1) is 5.52 Å². The van der Waals surface area contributed by atoms with Crippen molar-refractivity contribution in [2.45, 2.75) is 52.0 Å². The first-order valence-electron chi connectivity index (χ1n) is 10.4. The van der Waals surface area contributed by atoms with Crippen LogP contribution in [-0.4, -0.2) is 27.8 Å². The molecule has 5 heteroatoms. The second-order valence-electron chi connectivity index (χ2n) is 7.87. The summed E-state index contributed by atoms with van der Waals surface area (Å²) in [6, 6.07) is 9.40. The smallest absolute Gasteiger partial charge is 0.248 e. The number of aromatic nitrogens is 1. The van der Waals surface area contributed by atoms with Gasteiger partial charge in [-0.1, -0.05) is 26.0 Å². The number of nitrogens with one attached hydrogen (secondary N) is 2. The van der Waals surface area contributed by atoms with E-state index in [-0.39, 0.29) is 11.3 Å². The molecule has 1 atom stereocenters. The van der Waals surface area contributed by atoms with Crippen molar-refractivity contribution >= 4 is 10.9 Å². The third-order valence-electron chi connectivity index (χ3n) is 6.14. The molecule has 0 fully saturated rings. The molecule has 0 saturated carbocycles. The molecular formula is C24H28N2O3. The molecule has 1 unspecified atom stereocenters. The van der Waals surface area contributed by atoms with Crippen LogP contribution in [0, 0.1) is 0 Å². The number of fused-ring (bicyclic) bond motifs is 2. The van der Waals surface area contributed by atoms with Crippen molar-refractivity contribution in [2.75, 3.05) is 6.54 Å². The number of aromatic amines is 1. The third-order valence-corrected chi connectivity index (χ3v) is 6.14. The number of rotatable bonds is 6. The van der Waals surface area contributed by atoms with Crippen molar-refractivity contribution in [1.82, 2.24) is 10.3 Å². The summed E-state index contributed by atoms with van der Waals surface area (Å²) in [6.45, 7) is 5.03. The van der Waals surface area contributed by atoms with Crippen molar-refractivity contribution in [3.8, 4) is 11.5 Å². The molecule has 152 valence electrons. The largest absolute Gasteiger partial charge is 0.507 e. The zero-order valence-electron chi connectivity index (χ0n) is 17.0. The Morgan fingerprint density at radius 2 is 1.90 bits per heavy atom. The molecule has 4 N–H and O–H groups in total. The quantitative estimate of drug-likeness (QED) is 0.518. The van der Waals surface area contributed by atoms with Crippen LogP contribution in [0.5, 0.6) is 11.5 Å². The van der Waals surface area contributed by atoms with E-state index < -0.39 is 0 Å². The summed E-state index contributed by atoms with van der Waals surface area (Å²) in [4.78, 5) is 14.3. The number of hydrogen-bond donors (Lipinski definition) is 4. The SMILES string of the molecule is CCc1cc2c(c(O)c1CC)CC(NCCc1ccc(O)c3[nH]c(=O)ccc13)C2. The molecule has 0 spiro atoms. The molecule has 0 aliphatic heterocycles.